The number of hydrogen-bond donors (Lipinski definition) is 0. The molecule has 27 heavy (non-hydrogen) atoms. The molecule has 3 aromatic rings. The fourth-order valence-corrected chi connectivity index (χ4v) is 3.54. The van der Waals surface area contributed by atoms with Gasteiger partial charge < -0.3 is 4.74 Å². The van der Waals surface area contributed by atoms with Crippen molar-refractivity contribution >= 4 is 0 Å². The Kier molecular flexibility index (Phi) is 6.00. The smallest absolute Gasteiger partial charge is 0.119 e. The topological polar surface area (TPSA) is 27.1 Å². The molecular formula is C24H30N2O. The van der Waals surface area contributed by atoms with E-state index in [2.05, 4.69) is 61.5 Å². The summed E-state index contributed by atoms with van der Waals surface area (Å²) in [7, 11) is 0. The van der Waals surface area contributed by atoms with E-state index in [1.54, 1.807) is 0 Å². The second-order valence-corrected chi connectivity index (χ2v) is 7.38. The maximum atomic E-state index is 5.77. The quantitative estimate of drug-likeness (QED) is 0.477. The molecule has 0 amide bonds. The molecule has 3 nitrogen and oxygen atoms in total. The van der Waals surface area contributed by atoms with Gasteiger partial charge in [0.25, 0.3) is 0 Å². The van der Waals surface area contributed by atoms with E-state index in [0.717, 1.165) is 24.3 Å². The second-order valence-electron chi connectivity index (χ2n) is 7.38. The zero-order valence-corrected chi connectivity index (χ0v) is 17.1. The molecule has 0 fully saturated rings. The molecule has 0 saturated heterocycles. The molecule has 3 rings (SSSR count). The summed E-state index contributed by atoms with van der Waals surface area (Å²) in [6.07, 6.45) is 4.50. The van der Waals surface area contributed by atoms with Crippen molar-refractivity contribution in [3.8, 4) is 22.6 Å². The SMILES string of the molecule is CCC(CC)c1ccc(-c2ccc(OC(C)C)cc2)cc1-n1ccc(C)n1. The molecule has 0 aliphatic heterocycles. The molecule has 0 saturated carbocycles. The first-order valence-electron chi connectivity index (χ1n) is 9.95. The standard InChI is InChI=1S/C24H30N2O/c1-6-19(7-2)23-13-10-21(16-24(23)26-15-14-18(5)25-26)20-8-11-22(12-9-20)27-17(3)4/h8-17,19H,6-7H2,1-5H3. The molecule has 0 aliphatic rings. The van der Waals surface area contributed by atoms with Gasteiger partial charge in [-0.1, -0.05) is 38.1 Å². The first kappa shape index (κ1) is 19.2. The number of aromatic nitrogens is 2. The van der Waals surface area contributed by atoms with Crippen molar-refractivity contribution in [3.63, 3.8) is 0 Å². The van der Waals surface area contributed by atoms with Gasteiger partial charge in [0.1, 0.15) is 5.75 Å². The van der Waals surface area contributed by atoms with Crippen LogP contribution in [0.15, 0.2) is 54.7 Å². The third-order valence-electron chi connectivity index (χ3n) is 4.98. The Morgan fingerprint density at radius 2 is 1.59 bits per heavy atom. The maximum absolute atomic E-state index is 5.77. The molecule has 142 valence electrons. The van der Waals surface area contributed by atoms with E-state index >= 15 is 0 Å². The number of nitrogens with zero attached hydrogens (tertiary/aromatic N) is 2. The normalized spacial score (nSPS) is 11.4. The van der Waals surface area contributed by atoms with Gasteiger partial charge in [0.2, 0.25) is 0 Å². The van der Waals surface area contributed by atoms with E-state index in [9.17, 15) is 0 Å². The van der Waals surface area contributed by atoms with Crippen LogP contribution in [0.3, 0.4) is 0 Å². The Morgan fingerprint density at radius 3 is 2.15 bits per heavy atom. The summed E-state index contributed by atoms with van der Waals surface area (Å²) in [5.41, 5.74) is 5.96. The van der Waals surface area contributed by atoms with E-state index in [1.807, 2.05) is 37.6 Å². The van der Waals surface area contributed by atoms with Crippen LogP contribution in [-0.4, -0.2) is 15.9 Å². The Balaban J connectivity index is 2.02. The largest absolute Gasteiger partial charge is 0.491 e. The average Bonchev–Trinajstić information content (AvgIpc) is 3.09. The molecular weight excluding hydrogens is 332 g/mol. The summed E-state index contributed by atoms with van der Waals surface area (Å²) in [6, 6.07) is 17.2. The van der Waals surface area contributed by atoms with Crippen LogP contribution in [0.2, 0.25) is 0 Å². The van der Waals surface area contributed by atoms with Crippen molar-refractivity contribution in [2.24, 2.45) is 0 Å². The number of aryl methyl sites for hydroxylation is 1. The van der Waals surface area contributed by atoms with E-state index in [1.165, 1.54) is 22.4 Å². The molecule has 0 bridgehead atoms. The molecule has 0 N–H and O–H groups in total. The van der Waals surface area contributed by atoms with E-state index in [4.69, 9.17) is 4.74 Å². The van der Waals surface area contributed by atoms with Crippen LogP contribution in [-0.2, 0) is 0 Å². The third kappa shape index (κ3) is 4.41. The molecule has 0 atom stereocenters. The van der Waals surface area contributed by atoms with Gasteiger partial charge in [-0.15, -0.1) is 0 Å². The van der Waals surface area contributed by atoms with Crippen LogP contribution < -0.4 is 4.74 Å². The first-order chi connectivity index (χ1) is 13.0. The minimum atomic E-state index is 0.185. The van der Waals surface area contributed by atoms with Crippen LogP contribution in [0, 0.1) is 6.92 Å². The Morgan fingerprint density at radius 1 is 0.926 bits per heavy atom. The molecule has 1 aromatic heterocycles. The summed E-state index contributed by atoms with van der Waals surface area (Å²) in [4.78, 5) is 0. The molecule has 0 unspecified atom stereocenters. The molecule has 1 heterocycles. The highest BCUT2D eigenvalue weighted by Gasteiger charge is 2.15. The summed E-state index contributed by atoms with van der Waals surface area (Å²) in [5.74, 6) is 1.45. The summed E-state index contributed by atoms with van der Waals surface area (Å²) in [5, 5.41) is 4.67. The highest BCUT2D eigenvalue weighted by Crippen LogP contribution is 2.33. The fourth-order valence-electron chi connectivity index (χ4n) is 3.54. The lowest BCUT2D eigenvalue weighted by Gasteiger charge is -2.19. The third-order valence-corrected chi connectivity index (χ3v) is 4.98. The van der Waals surface area contributed by atoms with Crippen molar-refractivity contribution in [1.29, 1.82) is 0 Å². The van der Waals surface area contributed by atoms with Crippen LogP contribution in [0.25, 0.3) is 16.8 Å². The first-order valence-corrected chi connectivity index (χ1v) is 9.95. The number of ether oxygens (including phenoxy) is 1. The number of rotatable bonds is 7. The van der Waals surface area contributed by atoms with E-state index in [0.29, 0.717) is 5.92 Å². The van der Waals surface area contributed by atoms with Gasteiger partial charge in [0.05, 0.1) is 17.5 Å². The number of hydrogen-bond acceptors (Lipinski definition) is 2. The average molecular weight is 363 g/mol. The van der Waals surface area contributed by atoms with Crippen molar-refractivity contribution in [2.45, 2.75) is 59.5 Å². The lowest BCUT2D eigenvalue weighted by atomic mass is 9.90. The van der Waals surface area contributed by atoms with Gasteiger partial charge in [-0.05, 0) is 80.5 Å². The summed E-state index contributed by atoms with van der Waals surface area (Å²) < 4.78 is 7.78. The minimum Gasteiger partial charge on any atom is -0.491 e. The number of benzene rings is 2. The Hall–Kier alpha value is -2.55. The van der Waals surface area contributed by atoms with Crippen LogP contribution in [0.1, 0.15) is 57.7 Å². The highest BCUT2D eigenvalue weighted by atomic mass is 16.5. The van der Waals surface area contributed by atoms with Crippen molar-refractivity contribution in [1.82, 2.24) is 9.78 Å². The van der Waals surface area contributed by atoms with Gasteiger partial charge in [-0.3, -0.25) is 0 Å². The lowest BCUT2D eigenvalue weighted by Crippen LogP contribution is -2.06. The van der Waals surface area contributed by atoms with E-state index in [-0.39, 0.29) is 6.10 Å². The van der Waals surface area contributed by atoms with Crippen LogP contribution in [0.5, 0.6) is 5.75 Å². The minimum absolute atomic E-state index is 0.185. The predicted molar refractivity (Wildman–Crippen MR) is 113 cm³/mol. The molecule has 2 aromatic carbocycles. The fraction of sp³-hybridized carbons (Fsp3) is 0.375. The van der Waals surface area contributed by atoms with Gasteiger partial charge in [0.15, 0.2) is 0 Å². The second kappa shape index (κ2) is 8.43. The van der Waals surface area contributed by atoms with Gasteiger partial charge in [-0.2, -0.15) is 5.10 Å². The van der Waals surface area contributed by atoms with Gasteiger partial charge >= 0.3 is 0 Å². The Bertz CT molecular complexity index is 874. The van der Waals surface area contributed by atoms with Crippen molar-refractivity contribution in [3.05, 3.63) is 66.0 Å². The van der Waals surface area contributed by atoms with Crippen LogP contribution in [0.4, 0.5) is 0 Å². The zero-order valence-electron chi connectivity index (χ0n) is 17.1. The predicted octanol–water partition coefficient (Wildman–Crippen LogP) is 6.54. The summed E-state index contributed by atoms with van der Waals surface area (Å²) in [6.45, 7) is 10.6. The molecule has 0 spiro atoms. The summed E-state index contributed by atoms with van der Waals surface area (Å²) >= 11 is 0. The molecule has 3 heteroatoms. The zero-order chi connectivity index (χ0) is 19.4. The molecule has 0 aliphatic carbocycles. The van der Waals surface area contributed by atoms with Crippen LogP contribution >= 0.6 is 0 Å². The van der Waals surface area contributed by atoms with E-state index < -0.39 is 0 Å². The van der Waals surface area contributed by atoms with Crippen molar-refractivity contribution in [2.75, 3.05) is 0 Å². The molecule has 0 radical (unpaired) electrons. The van der Waals surface area contributed by atoms with Gasteiger partial charge in [-0.25, -0.2) is 4.68 Å². The van der Waals surface area contributed by atoms with Crippen molar-refractivity contribution < 1.29 is 4.74 Å². The highest BCUT2D eigenvalue weighted by molar-refractivity contribution is 5.68. The monoisotopic (exact) mass is 362 g/mol. The van der Waals surface area contributed by atoms with Gasteiger partial charge in [0, 0.05) is 6.20 Å². The maximum Gasteiger partial charge on any atom is 0.119 e. The Labute approximate surface area is 163 Å². The lowest BCUT2D eigenvalue weighted by molar-refractivity contribution is 0.242.